The smallest absolute Gasteiger partial charge is 0.321 e. The highest BCUT2D eigenvalue weighted by Crippen LogP contribution is 2.28. The van der Waals surface area contributed by atoms with Crippen LogP contribution in [0.2, 0.25) is 0 Å². The van der Waals surface area contributed by atoms with Gasteiger partial charge in [0.05, 0.1) is 11.3 Å². The molecule has 2 N–H and O–H groups in total. The van der Waals surface area contributed by atoms with Gasteiger partial charge in [0.25, 0.3) is 5.91 Å². The first kappa shape index (κ1) is 25.5. The van der Waals surface area contributed by atoms with Crippen molar-refractivity contribution in [3.63, 3.8) is 0 Å². The minimum absolute atomic E-state index is 0.0318. The Morgan fingerprint density at radius 2 is 1.58 bits per heavy atom. The van der Waals surface area contributed by atoms with E-state index in [0.717, 1.165) is 38.0 Å². The predicted octanol–water partition coefficient (Wildman–Crippen LogP) is 4.54. The summed E-state index contributed by atoms with van der Waals surface area (Å²) in [6.45, 7) is 5.41. The van der Waals surface area contributed by atoms with Crippen molar-refractivity contribution in [2.45, 2.75) is 39.0 Å². The van der Waals surface area contributed by atoms with Crippen molar-refractivity contribution in [3.8, 4) is 0 Å². The molecule has 2 aliphatic heterocycles. The number of para-hydroxylation sites is 1. The highest BCUT2D eigenvalue weighted by Gasteiger charge is 2.26. The number of amides is 4. The summed E-state index contributed by atoms with van der Waals surface area (Å²) in [5, 5.41) is 5.52. The van der Waals surface area contributed by atoms with Gasteiger partial charge < -0.3 is 25.3 Å². The maximum atomic E-state index is 14.0. The Hall–Kier alpha value is -3.62. The summed E-state index contributed by atoms with van der Waals surface area (Å²) < 4.78 is 14.0. The number of hydrogen-bond donors (Lipinski definition) is 2. The van der Waals surface area contributed by atoms with Gasteiger partial charge in [-0.1, -0.05) is 19.1 Å². The third-order valence-electron chi connectivity index (χ3n) is 6.71. The Bertz CT molecular complexity index is 1100. The van der Waals surface area contributed by atoms with E-state index in [1.54, 1.807) is 30.0 Å². The number of carbonyl (C=O) groups is 3. The first-order chi connectivity index (χ1) is 17.5. The molecule has 4 amide bonds. The molecule has 0 aliphatic carbocycles. The van der Waals surface area contributed by atoms with Crippen LogP contribution in [-0.4, -0.2) is 66.9 Å². The normalized spacial score (nSPS) is 16.3. The number of halogens is 1. The van der Waals surface area contributed by atoms with Crippen LogP contribution in [0.25, 0.3) is 0 Å². The molecule has 192 valence electrons. The van der Waals surface area contributed by atoms with E-state index in [0.29, 0.717) is 50.3 Å². The van der Waals surface area contributed by atoms with Crippen LogP contribution in [0.5, 0.6) is 0 Å². The largest absolute Gasteiger partial charge is 0.369 e. The third kappa shape index (κ3) is 6.13. The standard InChI is InChI=1S/C27H34FN5O3/c1-2-25(34)29-20-11-12-24(21(19-20)26(35)32-13-6-3-7-14-32)31-15-8-16-33(18-17-31)27(36)30-23-10-5-4-9-22(23)28/h4-5,9-12,19H,2-3,6-8,13-18H2,1H3,(H,29,34)(H,30,36). The van der Waals surface area contributed by atoms with E-state index < -0.39 is 5.82 Å². The molecule has 0 spiro atoms. The molecule has 9 heteroatoms. The van der Waals surface area contributed by atoms with Gasteiger partial charge in [0.15, 0.2) is 0 Å². The second kappa shape index (κ2) is 11.9. The molecule has 2 fully saturated rings. The highest BCUT2D eigenvalue weighted by molar-refractivity contribution is 6.02. The number of benzene rings is 2. The van der Waals surface area contributed by atoms with E-state index in [9.17, 15) is 18.8 Å². The van der Waals surface area contributed by atoms with Crippen molar-refractivity contribution < 1.29 is 18.8 Å². The number of nitrogens with zero attached hydrogens (tertiary/aromatic N) is 3. The van der Waals surface area contributed by atoms with Crippen molar-refractivity contribution in [2.75, 3.05) is 54.8 Å². The molecule has 36 heavy (non-hydrogen) atoms. The monoisotopic (exact) mass is 495 g/mol. The van der Waals surface area contributed by atoms with Crippen LogP contribution in [0.4, 0.5) is 26.2 Å². The summed E-state index contributed by atoms with van der Waals surface area (Å²) in [6.07, 6.45) is 4.16. The minimum atomic E-state index is -0.474. The lowest BCUT2D eigenvalue weighted by atomic mass is 10.1. The van der Waals surface area contributed by atoms with Gasteiger partial charge in [-0.3, -0.25) is 9.59 Å². The van der Waals surface area contributed by atoms with Gasteiger partial charge in [-0.25, -0.2) is 9.18 Å². The minimum Gasteiger partial charge on any atom is -0.369 e. The van der Waals surface area contributed by atoms with Gasteiger partial charge >= 0.3 is 6.03 Å². The lowest BCUT2D eigenvalue weighted by molar-refractivity contribution is -0.115. The van der Waals surface area contributed by atoms with Crippen LogP contribution in [0.1, 0.15) is 49.4 Å². The van der Waals surface area contributed by atoms with Crippen molar-refractivity contribution in [3.05, 3.63) is 53.8 Å². The molecule has 2 aromatic carbocycles. The molecule has 4 rings (SSSR count). The van der Waals surface area contributed by atoms with Crippen LogP contribution >= 0.6 is 0 Å². The second-order valence-electron chi connectivity index (χ2n) is 9.22. The quantitative estimate of drug-likeness (QED) is 0.638. The molecular weight excluding hydrogens is 461 g/mol. The number of nitrogens with one attached hydrogen (secondary N) is 2. The predicted molar refractivity (Wildman–Crippen MR) is 139 cm³/mol. The molecule has 2 saturated heterocycles. The number of anilines is 3. The third-order valence-corrected chi connectivity index (χ3v) is 6.71. The number of hydrogen-bond acceptors (Lipinski definition) is 4. The maximum absolute atomic E-state index is 14.0. The topological polar surface area (TPSA) is 85.0 Å². The Labute approximate surface area is 211 Å². The summed E-state index contributed by atoms with van der Waals surface area (Å²) in [5.41, 5.74) is 2.13. The van der Waals surface area contributed by atoms with Crippen LogP contribution in [0, 0.1) is 5.82 Å². The summed E-state index contributed by atoms with van der Waals surface area (Å²) in [6, 6.07) is 11.2. The lowest BCUT2D eigenvalue weighted by Gasteiger charge is -2.30. The number of urea groups is 1. The van der Waals surface area contributed by atoms with Crippen LogP contribution < -0.4 is 15.5 Å². The van der Waals surface area contributed by atoms with E-state index >= 15 is 0 Å². The van der Waals surface area contributed by atoms with E-state index in [2.05, 4.69) is 15.5 Å². The highest BCUT2D eigenvalue weighted by atomic mass is 19.1. The molecule has 0 aromatic heterocycles. The zero-order chi connectivity index (χ0) is 25.5. The fraction of sp³-hybridized carbons (Fsp3) is 0.444. The van der Waals surface area contributed by atoms with Gasteiger partial charge in [-0.05, 0) is 56.0 Å². The molecule has 0 atom stereocenters. The van der Waals surface area contributed by atoms with E-state index in [4.69, 9.17) is 0 Å². The summed E-state index contributed by atoms with van der Waals surface area (Å²) in [7, 11) is 0. The fourth-order valence-corrected chi connectivity index (χ4v) is 4.70. The zero-order valence-electron chi connectivity index (χ0n) is 20.8. The molecule has 2 heterocycles. The van der Waals surface area contributed by atoms with Gasteiger partial charge in [-0.15, -0.1) is 0 Å². The molecule has 0 unspecified atom stereocenters. The zero-order valence-corrected chi connectivity index (χ0v) is 20.8. The number of carbonyl (C=O) groups excluding carboxylic acids is 3. The molecular formula is C27H34FN5O3. The van der Waals surface area contributed by atoms with E-state index in [1.807, 2.05) is 17.0 Å². The van der Waals surface area contributed by atoms with Crippen molar-refractivity contribution in [1.29, 1.82) is 0 Å². The van der Waals surface area contributed by atoms with Gasteiger partial charge in [-0.2, -0.15) is 0 Å². The van der Waals surface area contributed by atoms with E-state index in [-0.39, 0.29) is 23.5 Å². The Kier molecular flexibility index (Phi) is 8.40. The maximum Gasteiger partial charge on any atom is 0.321 e. The molecule has 0 saturated carbocycles. The lowest BCUT2D eigenvalue weighted by Crippen LogP contribution is -2.39. The molecule has 2 aliphatic rings. The number of likely N-dealkylation sites (tertiary alicyclic amines) is 1. The Morgan fingerprint density at radius 1 is 0.833 bits per heavy atom. The SMILES string of the molecule is CCC(=O)Nc1ccc(N2CCCN(C(=O)Nc3ccccc3F)CC2)c(C(=O)N2CCCCC2)c1. The average Bonchev–Trinajstić information content (AvgIpc) is 3.16. The second-order valence-corrected chi connectivity index (χ2v) is 9.22. The molecule has 2 aromatic rings. The summed E-state index contributed by atoms with van der Waals surface area (Å²) in [5.74, 6) is -0.612. The van der Waals surface area contributed by atoms with Gasteiger partial charge in [0.1, 0.15) is 5.82 Å². The van der Waals surface area contributed by atoms with Crippen molar-refractivity contribution in [1.82, 2.24) is 9.80 Å². The van der Waals surface area contributed by atoms with Crippen molar-refractivity contribution >= 4 is 34.9 Å². The average molecular weight is 496 g/mol. The summed E-state index contributed by atoms with van der Waals surface area (Å²) >= 11 is 0. The molecule has 8 nitrogen and oxygen atoms in total. The van der Waals surface area contributed by atoms with Crippen LogP contribution in [0.3, 0.4) is 0 Å². The first-order valence-electron chi connectivity index (χ1n) is 12.7. The number of rotatable bonds is 5. The molecule has 0 radical (unpaired) electrons. The Balaban J connectivity index is 1.52. The van der Waals surface area contributed by atoms with Crippen LogP contribution in [-0.2, 0) is 4.79 Å². The van der Waals surface area contributed by atoms with Gasteiger partial charge in [0, 0.05) is 57.1 Å². The first-order valence-corrected chi connectivity index (χ1v) is 12.7. The van der Waals surface area contributed by atoms with Gasteiger partial charge in [0.2, 0.25) is 5.91 Å². The fourth-order valence-electron chi connectivity index (χ4n) is 4.70. The van der Waals surface area contributed by atoms with E-state index in [1.165, 1.54) is 12.1 Å². The number of piperidine rings is 1. The molecule has 0 bridgehead atoms. The Morgan fingerprint density at radius 3 is 2.33 bits per heavy atom. The van der Waals surface area contributed by atoms with Crippen LogP contribution in [0.15, 0.2) is 42.5 Å². The van der Waals surface area contributed by atoms with Crippen molar-refractivity contribution in [2.24, 2.45) is 0 Å². The summed E-state index contributed by atoms with van der Waals surface area (Å²) in [4.78, 5) is 44.0.